The number of rotatable bonds is 4. The minimum Gasteiger partial charge on any atom is -0.481 e. The second-order valence-electron chi connectivity index (χ2n) is 3.74. The zero-order chi connectivity index (χ0) is 14.0. The Morgan fingerprint density at radius 2 is 2.26 bits per heavy atom. The third kappa shape index (κ3) is 3.62. The maximum atomic E-state index is 11.9. The van der Waals surface area contributed by atoms with E-state index in [4.69, 9.17) is 5.11 Å². The number of thiophene rings is 1. The fraction of sp³-hybridized carbons (Fsp3) is 0.182. The molecule has 1 amide bonds. The lowest BCUT2D eigenvalue weighted by atomic mass is 10.3. The molecule has 100 valence electrons. The molecule has 0 radical (unpaired) electrons. The van der Waals surface area contributed by atoms with Crippen molar-refractivity contribution in [3.63, 3.8) is 0 Å². The molecule has 0 saturated carbocycles. The maximum absolute atomic E-state index is 11.9. The highest BCUT2D eigenvalue weighted by Crippen LogP contribution is 2.28. The van der Waals surface area contributed by atoms with E-state index in [9.17, 15) is 9.59 Å². The topological polar surface area (TPSA) is 79.3 Å². The summed E-state index contributed by atoms with van der Waals surface area (Å²) < 4.78 is 0.920. The summed E-state index contributed by atoms with van der Waals surface area (Å²) in [7, 11) is 0. The highest BCUT2D eigenvalue weighted by Gasteiger charge is 2.13. The van der Waals surface area contributed by atoms with Gasteiger partial charge in [-0.2, -0.15) is 0 Å². The number of carboxylic acid groups (broad SMARTS) is 1. The van der Waals surface area contributed by atoms with Gasteiger partial charge in [-0.3, -0.25) is 14.9 Å². The minimum absolute atomic E-state index is 0.143. The van der Waals surface area contributed by atoms with Gasteiger partial charge in [0.1, 0.15) is 0 Å². The van der Waals surface area contributed by atoms with Crippen molar-refractivity contribution in [1.29, 1.82) is 0 Å². The molecule has 19 heavy (non-hydrogen) atoms. The Morgan fingerprint density at radius 1 is 1.53 bits per heavy atom. The van der Waals surface area contributed by atoms with Gasteiger partial charge in [-0.05, 0) is 34.5 Å². The number of carbonyl (C=O) groups excluding carboxylic acids is 1. The third-order valence-corrected chi connectivity index (χ3v) is 5.13. The van der Waals surface area contributed by atoms with E-state index in [1.807, 2.05) is 6.92 Å². The lowest BCUT2D eigenvalue weighted by Crippen LogP contribution is -2.10. The van der Waals surface area contributed by atoms with Crippen LogP contribution in [0.5, 0.6) is 0 Å². The number of carboxylic acids is 1. The monoisotopic (exact) mass is 360 g/mol. The molecule has 0 aliphatic rings. The molecule has 0 atom stereocenters. The molecular weight excluding hydrogens is 352 g/mol. The van der Waals surface area contributed by atoms with Crippen molar-refractivity contribution in [3.8, 4) is 0 Å². The van der Waals surface area contributed by atoms with Crippen molar-refractivity contribution >= 4 is 55.6 Å². The van der Waals surface area contributed by atoms with E-state index in [0.29, 0.717) is 15.7 Å². The Kier molecular flexibility index (Phi) is 4.33. The van der Waals surface area contributed by atoms with Crippen LogP contribution in [-0.4, -0.2) is 22.0 Å². The van der Waals surface area contributed by atoms with Crippen LogP contribution >= 0.6 is 38.6 Å². The molecule has 0 saturated heterocycles. The molecule has 0 aromatic carbocycles. The third-order valence-electron chi connectivity index (χ3n) is 2.19. The summed E-state index contributed by atoms with van der Waals surface area (Å²) in [4.78, 5) is 27.1. The van der Waals surface area contributed by atoms with Crippen LogP contribution in [0.4, 0.5) is 5.13 Å². The predicted octanol–water partition coefficient (Wildman–Crippen LogP) is 3.15. The van der Waals surface area contributed by atoms with E-state index >= 15 is 0 Å². The number of aryl methyl sites for hydroxylation is 1. The standard InChI is InChI=1S/C11H9BrN2O3S2/c1-5-2-7(19-9(5)12)10(17)14-11-13-6(4-18-11)3-8(15)16/h2,4H,3H2,1H3,(H,15,16)(H,13,14,17). The van der Waals surface area contributed by atoms with Crippen LogP contribution in [-0.2, 0) is 11.2 Å². The molecule has 8 heteroatoms. The Hall–Kier alpha value is -1.25. The Balaban J connectivity index is 2.06. The first-order valence-electron chi connectivity index (χ1n) is 5.19. The molecule has 0 bridgehead atoms. The van der Waals surface area contributed by atoms with Gasteiger partial charge in [0.2, 0.25) is 0 Å². The van der Waals surface area contributed by atoms with Crippen LogP contribution in [0.2, 0.25) is 0 Å². The van der Waals surface area contributed by atoms with Crippen LogP contribution in [0.1, 0.15) is 20.9 Å². The molecule has 0 fully saturated rings. The summed E-state index contributed by atoms with van der Waals surface area (Å²) in [5.41, 5.74) is 1.44. The lowest BCUT2D eigenvalue weighted by Gasteiger charge is -1.97. The van der Waals surface area contributed by atoms with Crippen LogP contribution in [0, 0.1) is 6.92 Å². The van der Waals surface area contributed by atoms with E-state index in [1.54, 1.807) is 11.4 Å². The second-order valence-corrected chi connectivity index (χ2v) is 6.96. The van der Waals surface area contributed by atoms with Gasteiger partial charge >= 0.3 is 5.97 Å². The number of halogens is 1. The highest BCUT2D eigenvalue weighted by molar-refractivity contribution is 9.11. The number of anilines is 1. The summed E-state index contributed by atoms with van der Waals surface area (Å²) in [5.74, 6) is -1.18. The second kappa shape index (κ2) is 5.81. The van der Waals surface area contributed by atoms with Crippen molar-refractivity contribution in [2.45, 2.75) is 13.3 Å². The first-order valence-corrected chi connectivity index (χ1v) is 7.68. The average Bonchev–Trinajstić information content (AvgIpc) is 2.86. The number of aromatic nitrogens is 1. The van der Waals surface area contributed by atoms with Crippen molar-refractivity contribution in [1.82, 2.24) is 4.98 Å². The van der Waals surface area contributed by atoms with Crippen LogP contribution in [0.15, 0.2) is 15.2 Å². The summed E-state index contributed by atoms with van der Waals surface area (Å²) in [6, 6.07) is 1.79. The van der Waals surface area contributed by atoms with E-state index < -0.39 is 5.97 Å². The zero-order valence-corrected chi connectivity index (χ0v) is 13.0. The molecule has 2 rings (SSSR count). The van der Waals surface area contributed by atoms with Crippen LogP contribution < -0.4 is 5.32 Å². The van der Waals surface area contributed by atoms with Crippen LogP contribution in [0.25, 0.3) is 0 Å². The number of thiazole rings is 1. The highest BCUT2D eigenvalue weighted by atomic mass is 79.9. The zero-order valence-electron chi connectivity index (χ0n) is 9.77. The van der Waals surface area contributed by atoms with Gasteiger partial charge in [-0.1, -0.05) is 0 Å². The molecule has 2 heterocycles. The predicted molar refractivity (Wildman–Crippen MR) is 78.2 cm³/mol. The van der Waals surface area contributed by atoms with Gasteiger partial charge in [-0.25, -0.2) is 4.98 Å². The largest absolute Gasteiger partial charge is 0.481 e. The van der Waals surface area contributed by atoms with E-state index in [0.717, 1.165) is 9.35 Å². The Morgan fingerprint density at radius 3 is 2.84 bits per heavy atom. The molecule has 5 nitrogen and oxygen atoms in total. The maximum Gasteiger partial charge on any atom is 0.309 e. The molecular formula is C11H9BrN2O3S2. The fourth-order valence-corrected chi connectivity index (χ4v) is 3.47. The smallest absolute Gasteiger partial charge is 0.309 e. The van der Waals surface area contributed by atoms with E-state index in [1.165, 1.54) is 22.7 Å². The minimum atomic E-state index is -0.944. The van der Waals surface area contributed by atoms with Crippen molar-refractivity contribution in [3.05, 3.63) is 31.4 Å². The normalized spacial score (nSPS) is 10.4. The summed E-state index contributed by atoms with van der Waals surface area (Å²) in [5, 5.41) is 13.3. The average molecular weight is 361 g/mol. The molecule has 0 aliphatic carbocycles. The van der Waals surface area contributed by atoms with E-state index in [2.05, 4.69) is 26.2 Å². The summed E-state index contributed by atoms with van der Waals surface area (Å²) in [6.45, 7) is 1.91. The lowest BCUT2D eigenvalue weighted by molar-refractivity contribution is -0.136. The Bertz CT molecular complexity index is 616. The SMILES string of the molecule is Cc1cc(C(=O)Nc2nc(CC(=O)O)cs2)sc1Br. The molecule has 2 aromatic rings. The molecule has 2 N–H and O–H groups in total. The van der Waals surface area contributed by atoms with Crippen molar-refractivity contribution in [2.75, 3.05) is 5.32 Å². The van der Waals surface area contributed by atoms with Gasteiger partial charge in [0.15, 0.2) is 5.13 Å². The molecule has 2 aromatic heterocycles. The first kappa shape index (κ1) is 14.2. The number of aliphatic carboxylic acids is 1. The van der Waals surface area contributed by atoms with Crippen LogP contribution in [0.3, 0.4) is 0 Å². The quantitative estimate of drug-likeness (QED) is 0.877. The number of carbonyl (C=O) groups is 2. The molecule has 0 unspecified atom stereocenters. The van der Waals surface area contributed by atoms with E-state index in [-0.39, 0.29) is 12.3 Å². The molecule has 0 spiro atoms. The van der Waals surface area contributed by atoms with Gasteiger partial charge in [0, 0.05) is 5.38 Å². The van der Waals surface area contributed by atoms with Gasteiger partial charge in [0.25, 0.3) is 5.91 Å². The Labute approximate surface area is 125 Å². The number of hydrogen-bond acceptors (Lipinski definition) is 5. The number of amides is 1. The van der Waals surface area contributed by atoms with Gasteiger partial charge in [-0.15, -0.1) is 22.7 Å². The number of hydrogen-bond donors (Lipinski definition) is 2. The number of nitrogens with zero attached hydrogens (tertiary/aromatic N) is 1. The summed E-state index contributed by atoms with van der Waals surface area (Å²) in [6.07, 6.45) is -0.143. The fourth-order valence-electron chi connectivity index (χ4n) is 1.33. The van der Waals surface area contributed by atoms with Gasteiger partial charge in [0.05, 0.1) is 20.8 Å². The molecule has 0 aliphatic heterocycles. The number of nitrogens with one attached hydrogen (secondary N) is 1. The van der Waals surface area contributed by atoms with Crippen molar-refractivity contribution in [2.24, 2.45) is 0 Å². The summed E-state index contributed by atoms with van der Waals surface area (Å²) >= 11 is 5.92. The van der Waals surface area contributed by atoms with Crippen molar-refractivity contribution < 1.29 is 14.7 Å². The van der Waals surface area contributed by atoms with Gasteiger partial charge < -0.3 is 5.11 Å². The first-order chi connectivity index (χ1) is 8.95.